The molecular weight excluding hydrogens is 248 g/mol. The number of carbonyl (C=O) groups excluding carboxylic acids is 1. The molecule has 0 aromatic heterocycles. The van der Waals surface area contributed by atoms with E-state index in [4.69, 9.17) is 5.73 Å². The maximum Gasteiger partial charge on any atom is 0.224 e. The summed E-state index contributed by atoms with van der Waals surface area (Å²) in [5.41, 5.74) is 8.15. The fraction of sp³-hybridized carbons (Fsp3) is 0.471. The van der Waals surface area contributed by atoms with E-state index in [1.54, 1.807) is 0 Å². The first kappa shape index (κ1) is 16.3. The van der Waals surface area contributed by atoms with Gasteiger partial charge in [-0.1, -0.05) is 38.0 Å². The largest absolute Gasteiger partial charge is 0.326 e. The number of amides is 1. The van der Waals surface area contributed by atoms with E-state index in [0.29, 0.717) is 13.0 Å². The fourth-order valence-corrected chi connectivity index (χ4v) is 2.02. The minimum Gasteiger partial charge on any atom is -0.326 e. The highest BCUT2D eigenvalue weighted by Crippen LogP contribution is 2.14. The lowest BCUT2D eigenvalue weighted by molar-refractivity contribution is -0.116. The number of rotatable bonds is 6. The van der Waals surface area contributed by atoms with Gasteiger partial charge in [0.1, 0.15) is 0 Å². The molecule has 3 nitrogen and oxygen atoms in total. The average molecular weight is 272 g/mol. The third-order valence-corrected chi connectivity index (χ3v) is 2.95. The summed E-state index contributed by atoms with van der Waals surface area (Å²) in [6.07, 6.45) is 5.02. The van der Waals surface area contributed by atoms with E-state index in [-0.39, 0.29) is 5.91 Å². The second kappa shape index (κ2) is 9.17. The van der Waals surface area contributed by atoms with Gasteiger partial charge in [0, 0.05) is 17.7 Å². The van der Waals surface area contributed by atoms with E-state index in [1.165, 1.54) is 12.8 Å². The minimum absolute atomic E-state index is 0.0736. The van der Waals surface area contributed by atoms with Crippen molar-refractivity contribution < 1.29 is 4.79 Å². The second-order valence-electron chi connectivity index (χ2n) is 4.95. The minimum atomic E-state index is 0.0736. The topological polar surface area (TPSA) is 55.1 Å². The highest BCUT2D eigenvalue weighted by molar-refractivity contribution is 5.90. The quantitative estimate of drug-likeness (QED) is 0.617. The summed E-state index contributed by atoms with van der Waals surface area (Å²) in [5, 5.41) is 2.94. The van der Waals surface area contributed by atoms with Crippen LogP contribution in [0.5, 0.6) is 0 Å². The molecule has 108 valence electrons. The van der Waals surface area contributed by atoms with Crippen LogP contribution in [0, 0.1) is 18.8 Å². The number of aryl methyl sites for hydroxylation is 1. The Kier molecular flexibility index (Phi) is 7.46. The molecular formula is C17H24N2O. The Morgan fingerprint density at radius 3 is 2.75 bits per heavy atom. The SMILES string of the molecule is CCCCCCC(=O)Nc1cc(C)cc(C#CCN)c1. The smallest absolute Gasteiger partial charge is 0.224 e. The number of hydrogen-bond donors (Lipinski definition) is 2. The predicted octanol–water partition coefficient (Wildman–Crippen LogP) is 3.21. The maximum absolute atomic E-state index is 11.8. The fourth-order valence-electron chi connectivity index (χ4n) is 2.02. The lowest BCUT2D eigenvalue weighted by Crippen LogP contribution is -2.11. The zero-order valence-corrected chi connectivity index (χ0v) is 12.5. The molecule has 0 unspecified atom stereocenters. The van der Waals surface area contributed by atoms with Crippen LogP contribution in [-0.2, 0) is 4.79 Å². The van der Waals surface area contributed by atoms with E-state index >= 15 is 0 Å². The van der Waals surface area contributed by atoms with Gasteiger partial charge in [0.2, 0.25) is 5.91 Å². The summed E-state index contributed by atoms with van der Waals surface area (Å²) < 4.78 is 0. The number of unbranched alkanes of at least 4 members (excludes halogenated alkanes) is 3. The molecule has 20 heavy (non-hydrogen) atoms. The van der Waals surface area contributed by atoms with E-state index in [2.05, 4.69) is 24.1 Å². The normalized spacial score (nSPS) is 9.75. The van der Waals surface area contributed by atoms with Gasteiger partial charge in [-0.05, 0) is 37.1 Å². The first-order chi connectivity index (χ1) is 9.65. The summed E-state index contributed by atoms with van der Waals surface area (Å²) in [6.45, 7) is 4.49. The molecule has 0 atom stereocenters. The molecule has 3 N–H and O–H groups in total. The van der Waals surface area contributed by atoms with Gasteiger partial charge in [-0.15, -0.1) is 0 Å². The molecule has 1 rings (SSSR count). The van der Waals surface area contributed by atoms with E-state index in [1.807, 2.05) is 25.1 Å². The molecule has 0 aliphatic carbocycles. The van der Waals surface area contributed by atoms with Crippen molar-refractivity contribution >= 4 is 11.6 Å². The standard InChI is InChI=1S/C17H24N2O/c1-3-4-5-6-9-17(20)19-16-12-14(2)11-15(13-16)8-7-10-18/h11-13H,3-6,9-10,18H2,1-2H3,(H,19,20). The lowest BCUT2D eigenvalue weighted by atomic mass is 10.1. The molecule has 0 bridgehead atoms. The highest BCUT2D eigenvalue weighted by atomic mass is 16.1. The second-order valence-corrected chi connectivity index (χ2v) is 4.95. The van der Waals surface area contributed by atoms with Gasteiger partial charge in [-0.25, -0.2) is 0 Å². The van der Waals surface area contributed by atoms with Crippen LogP contribution in [-0.4, -0.2) is 12.5 Å². The van der Waals surface area contributed by atoms with Crippen molar-refractivity contribution in [3.05, 3.63) is 29.3 Å². The third-order valence-electron chi connectivity index (χ3n) is 2.95. The highest BCUT2D eigenvalue weighted by Gasteiger charge is 2.03. The molecule has 0 saturated carbocycles. The molecule has 3 heteroatoms. The zero-order valence-electron chi connectivity index (χ0n) is 12.5. The predicted molar refractivity (Wildman–Crippen MR) is 84.5 cm³/mol. The molecule has 0 radical (unpaired) electrons. The Bertz CT molecular complexity index is 497. The van der Waals surface area contributed by atoms with Crippen LogP contribution in [0.15, 0.2) is 18.2 Å². The Labute approximate surface area is 121 Å². The van der Waals surface area contributed by atoms with Crippen molar-refractivity contribution in [1.29, 1.82) is 0 Å². The van der Waals surface area contributed by atoms with Gasteiger partial charge in [-0.3, -0.25) is 4.79 Å². The molecule has 0 fully saturated rings. The summed E-state index contributed by atoms with van der Waals surface area (Å²) in [6, 6.07) is 5.83. The van der Waals surface area contributed by atoms with Crippen LogP contribution in [0.25, 0.3) is 0 Å². The molecule has 0 aliphatic rings. The van der Waals surface area contributed by atoms with E-state index in [0.717, 1.165) is 29.7 Å². The number of nitrogens with two attached hydrogens (primary N) is 1. The van der Waals surface area contributed by atoms with Gasteiger partial charge in [0.05, 0.1) is 6.54 Å². The van der Waals surface area contributed by atoms with Gasteiger partial charge in [0.25, 0.3) is 0 Å². The summed E-state index contributed by atoms with van der Waals surface area (Å²) in [7, 11) is 0. The van der Waals surface area contributed by atoms with Crippen molar-refractivity contribution in [3.8, 4) is 11.8 Å². The lowest BCUT2D eigenvalue weighted by Gasteiger charge is -2.07. The Morgan fingerprint density at radius 2 is 2.05 bits per heavy atom. The Balaban J connectivity index is 2.58. The molecule has 0 saturated heterocycles. The van der Waals surface area contributed by atoms with Crippen molar-refractivity contribution in [2.75, 3.05) is 11.9 Å². The first-order valence-corrected chi connectivity index (χ1v) is 7.26. The summed E-state index contributed by atoms with van der Waals surface area (Å²) in [5.74, 6) is 5.89. The number of carbonyl (C=O) groups is 1. The molecule has 1 amide bonds. The van der Waals surface area contributed by atoms with Gasteiger partial charge < -0.3 is 11.1 Å². The van der Waals surface area contributed by atoms with Gasteiger partial charge in [0.15, 0.2) is 0 Å². The Hall–Kier alpha value is -1.79. The van der Waals surface area contributed by atoms with Crippen LogP contribution < -0.4 is 11.1 Å². The van der Waals surface area contributed by atoms with E-state index in [9.17, 15) is 4.79 Å². The molecule has 1 aromatic rings. The van der Waals surface area contributed by atoms with Gasteiger partial charge >= 0.3 is 0 Å². The number of nitrogens with one attached hydrogen (secondary N) is 1. The number of hydrogen-bond acceptors (Lipinski definition) is 2. The Morgan fingerprint density at radius 1 is 1.25 bits per heavy atom. The van der Waals surface area contributed by atoms with Crippen molar-refractivity contribution in [1.82, 2.24) is 0 Å². The third kappa shape index (κ3) is 6.40. The number of benzene rings is 1. The van der Waals surface area contributed by atoms with Crippen LogP contribution in [0.1, 0.15) is 50.2 Å². The van der Waals surface area contributed by atoms with Crippen LogP contribution in [0.4, 0.5) is 5.69 Å². The van der Waals surface area contributed by atoms with Crippen molar-refractivity contribution in [3.63, 3.8) is 0 Å². The zero-order chi connectivity index (χ0) is 14.8. The molecule has 1 aromatic carbocycles. The van der Waals surface area contributed by atoms with Crippen molar-refractivity contribution in [2.24, 2.45) is 5.73 Å². The molecule has 0 spiro atoms. The van der Waals surface area contributed by atoms with Crippen LogP contribution in [0.3, 0.4) is 0 Å². The summed E-state index contributed by atoms with van der Waals surface area (Å²) in [4.78, 5) is 11.8. The van der Waals surface area contributed by atoms with Crippen LogP contribution in [0.2, 0.25) is 0 Å². The molecule has 0 aliphatic heterocycles. The number of anilines is 1. The van der Waals surface area contributed by atoms with Crippen LogP contribution >= 0.6 is 0 Å². The first-order valence-electron chi connectivity index (χ1n) is 7.26. The monoisotopic (exact) mass is 272 g/mol. The maximum atomic E-state index is 11.8. The van der Waals surface area contributed by atoms with E-state index < -0.39 is 0 Å². The average Bonchev–Trinajstić information content (AvgIpc) is 2.41. The molecule has 0 heterocycles. The van der Waals surface area contributed by atoms with Crippen molar-refractivity contribution in [2.45, 2.75) is 46.0 Å². The summed E-state index contributed by atoms with van der Waals surface area (Å²) >= 11 is 0. The van der Waals surface area contributed by atoms with Gasteiger partial charge in [-0.2, -0.15) is 0 Å².